The molecular formula is C24H24N2O3S. The van der Waals surface area contributed by atoms with Crippen molar-refractivity contribution in [1.29, 1.82) is 0 Å². The molecule has 0 bridgehead atoms. The summed E-state index contributed by atoms with van der Waals surface area (Å²) in [5.74, 6) is -0.186. The topological polar surface area (TPSA) is 66.5 Å². The van der Waals surface area contributed by atoms with Gasteiger partial charge in [-0.05, 0) is 67.6 Å². The number of nitrogens with zero attached hydrogens (tertiary/aromatic N) is 1. The van der Waals surface area contributed by atoms with E-state index in [0.29, 0.717) is 23.4 Å². The van der Waals surface area contributed by atoms with Gasteiger partial charge in [-0.15, -0.1) is 0 Å². The van der Waals surface area contributed by atoms with Crippen LogP contribution in [-0.2, 0) is 16.4 Å². The summed E-state index contributed by atoms with van der Waals surface area (Å²) in [6.07, 6.45) is 1.82. The van der Waals surface area contributed by atoms with Crippen LogP contribution in [0.3, 0.4) is 0 Å². The van der Waals surface area contributed by atoms with Gasteiger partial charge in [0.25, 0.3) is 15.9 Å². The number of para-hydroxylation sites is 2. The van der Waals surface area contributed by atoms with Crippen molar-refractivity contribution in [3.8, 4) is 0 Å². The fourth-order valence-electron chi connectivity index (χ4n) is 3.81. The van der Waals surface area contributed by atoms with E-state index in [0.717, 1.165) is 29.7 Å². The minimum absolute atomic E-state index is 0.113. The van der Waals surface area contributed by atoms with Crippen molar-refractivity contribution in [2.45, 2.75) is 31.6 Å². The Hall–Kier alpha value is -3.12. The van der Waals surface area contributed by atoms with Crippen LogP contribution in [0.1, 0.15) is 33.5 Å². The summed E-state index contributed by atoms with van der Waals surface area (Å²) in [4.78, 5) is 15.1. The number of hydrogen-bond donors (Lipinski definition) is 1. The molecule has 0 atom stereocenters. The second-order valence-corrected chi connectivity index (χ2v) is 9.24. The molecule has 1 aliphatic heterocycles. The normalized spacial score (nSPS) is 13.6. The molecule has 6 heteroatoms. The first-order valence-corrected chi connectivity index (χ1v) is 11.4. The molecule has 1 amide bonds. The number of carbonyl (C=O) groups excluding carboxylic acids is 1. The molecule has 1 N–H and O–H groups in total. The number of rotatable bonds is 4. The molecule has 154 valence electrons. The van der Waals surface area contributed by atoms with E-state index in [1.165, 1.54) is 6.07 Å². The standard InChI is InChI=1S/C24H24N2O3S/c1-17-8-3-5-11-21(17)25-30(28,29)23-16-20(14-13-18(23)2)24(27)26-15-7-10-19-9-4-6-12-22(19)26/h3-6,8-9,11-14,16,25H,7,10,15H2,1-2H3. The van der Waals surface area contributed by atoms with Gasteiger partial charge in [-0.1, -0.05) is 42.5 Å². The van der Waals surface area contributed by atoms with E-state index in [1.807, 2.05) is 43.3 Å². The molecule has 4 rings (SSSR count). The summed E-state index contributed by atoms with van der Waals surface area (Å²) in [6.45, 7) is 4.20. The first-order valence-electron chi connectivity index (χ1n) is 9.96. The van der Waals surface area contributed by atoms with Crippen LogP contribution in [0.4, 0.5) is 11.4 Å². The molecule has 0 saturated heterocycles. The Balaban J connectivity index is 1.69. The Labute approximate surface area is 177 Å². The molecular weight excluding hydrogens is 396 g/mol. The summed E-state index contributed by atoms with van der Waals surface area (Å²) in [5, 5.41) is 0. The Morgan fingerprint density at radius 1 is 0.933 bits per heavy atom. The van der Waals surface area contributed by atoms with Crippen LogP contribution in [0.15, 0.2) is 71.6 Å². The van der Waals surface area contributed by atoms with Crippen LogP contribution in [0.25, 0.3) is 0 Å². The average molecular weight is 421 g/mol. The van der Waals surface area contributed by atoms with Gasteiger partial charge in [0.1, 0.15) is 0 Å². The number of anilines is 2. The molecule has 1 aliphatic rings. The molecule has 0 radical (unpaired) electrons. The predicted molar refractivity (Wildman–Crippen MR) is 120 cm³/mol. The number of carbonyl (C=O) groups is 1. The lowest BCUT2D eigenvalue weighted by Crippen LogP contribution is -2.35. The highest BCUT2D eigenvalue weighted by Gasteiger charge is 2.25. The second-order valence-electron chi connectivity index (χ2n) is 7.59. The number of fused-ring (bicyclic) bond motifs is 1. The summed E-state index contributed by atoms with van der Waals surface area (Å²) < 4.78 is 28.8. The largest absolute Gasteiger partial charge is 0.308 e. The Bertz CT molecular complexity index is 1220. The van der Waals surface area contributed by atoms with Crippen LogP contribution < -0.4 is 9.62 Å². The molecule has 0 fully saturated rings. The molecule has 3 aromatic rings. The van der Waals surface area contributed by atoms with Crippen LogP contribution in [-0.4, -0.2) is 20.9 Å². The molecule has 1 heterocycles. The van der Waals surface area contributed by atoms with Crippen LogP contribution >= 0.6 is 0 Å². The molecule has 0 unspecified atom stereocenters. The van der Waals surface area contributed by atoms with Crippen LogP contribution in [0, 0.1) is 13.8 Å². The van der Waals surface area contributed by atoms with Gasteiger partial charge < -0.3 is 4.90 Å². The Morgan fingerprint density at radius 3 is 2.47 bits per heavy atom. The second kappa shape index (κ2) is 7.95. The third-order valence-electron chi connectivity index (χ3n) is 5.47. The number of nitrogens with one attached hydrogen (secondary N) is 1. The maximum Gasteiger partial charge on any atom is 0.262 e. The first-order chi connectivity index (χ1) is 14.4. The number of sulfonamides is 1. The zero-order valence-corrected chi connectivity index (χ0v) is 17.9. The molecule has 0 aliphatic carbocycles. The van der Waals surface area contributed by atoms with Crippen molar-refractivity contribution >= 4 is 27.3 Å². The van der Waals surface area contributed by atoms with E-state index < -0.39 is 10.0 Å². The third kappa shape index (κ3) is 3.83. The van der Waals surface area contributed by atoms with E-state index >= 15 is 0 Å². The monoisotopic (exact) mass is 420 g/mol. The molecule has 0 aromatic heterocycles. The number of hydrogen-bond acceptors (Lipinski definition) is 3. The van der Waals surface area contributed by atoms with Crippen molar-refractivity contribution < 1.29 is 13.2 Å². The van der Waals surface area contributed by atoms with Crippen molar-refractivity contribution in [2.75, 3.05) is 16.2 Å². The highest BCUT2D eigenvalue weighted by Crippen LogP contribution is 2.29. The number of aryl methyl sites for hydroxylation is 3. The minimum Gasteiger partial charge on any atom is -0.308 e. The zero-order valence-electron chi connectivity index (χ0n) is 17.1. The first kappa shape index (κ1) is 20.2. The molecule has 30 heavy (non-hydrogen) atoms. The van der Waals surface area contributed by atoms with E-state index in [1.54, 1.807) is 36.1 Å². The Kier molecular flexibility index (Phi) is 5.35. The lowest BCUT2D eigenvalue weighted by molar-refractivity contribution is 0.0985. The number of benzene rings is 3. The van der Waals surface area contributed by atoms with E-state index in [-0.39, 0.29) is 10.8 Å². The molecule has 0 saturated carbocycles. The van der Waals surface area contributed by atoms with Gasteiger partial charge in [-0.2, -0.15) is 0 Å². The predicted octanol–water partition coefficient (Wildman–Crippen LogP) is 4.70. The highest BCUT2D eigenvalue weighted by molar-refractivity contribution is 7.92. The van der Waals surface area contributed by atoms with Gasteiger partial charge >= 0.3 is 0 Å². The maximum atomic E-state index is 13.3. The summed E-state index contributed by atoms with van der Waals surface area (Å²) in [6, 6.07) is 19.9. The smallest absolute Gasteiger partial charge is 0.262 e. The third-order valence-corrected chi connectivity index (χ3v) is 6.98. The van der Waals surface area contributed by atoms with Gasteiger partial charge in [0.15, 0.2) is 0 Å². The van der Waals surface area contributed by atoms with Crippen LogP contribution in [0.5, 0.6) is 0 Å². The van der Waals surface area contributed by atoms with Gasteiger partial charge in [0, 0.05) is 17.8 Å². The van der Waals surface area contributed by atoms with Crippen molar-refractivity contribution in [1.82, 2.24) is 0 Å². The van der Waals surface area contributed by atoms with Crippen molar-refractivity contribution in [2.24, 2.45) is 0 Å². The number of amides is 1. The quantitative estimate of drug-likeness (QED) is 0.665. The minimum atomic E-state index is -3.83. The van der Waals surface area contributed by atoms with E-state index in [4.69, 9.17) is 0 Å². The van der Waals surface area contributed by atoms with Gasteiger partial charge in [-0.25, -0.2) is 8.42 Å². The fourth-order valence-corrected chi connectivity index (χ4v) is 5.21. The summed E-state index contributed by atoms with van der Waals surface area (Å²) in [5.41, 5.74) is 4.35. The lowest BCUT2D eigenvalue weighted by Gasteiger charge is -2.29. The summed E-state index contributed by atoms with van der Waals surface area (Å²) >= 11 is 0. The van der Waals surface area contributed by atoms with Gasteiger partial charge in [-0.3, -0.25) is 9.52 Å². The van der Waals surface area contributed by atoms with Crippen LogP contribution in [0.2, 0.25) is 0 Å². The van der Waals surface area contributed by atoms with Crippen molar-refractivity contribution in [3.63, 3.8) is 0 Å². The van der Waals surface area contributed by atoms with E-state index in [9.17, 15) is 13.2 Å². The van der Waals surface area contributed by atoms with E-state index in [2.05, 4.69) is 4.72 Å². The highest BCUT2D eigenvalue weighted by atomic mass is 32.2. The molecule has 5 nitrogen and oxygen atoms in total. The maximum absolute atomic E-state index is 13.3. The van der Waals surface area contributed by atoms with Gasteiger partial charge in [0.05, 0.1) is 10.6 Å². The zero-order chi connectivity index (χ0) is 21.3. The SMILES string of the molecule is Cc1ccccc1NS(=O)(=O)c1cc(C(=O)N2CCCc3ccccc32)ccc1C. The Morgan fingerprint density at radius 2 is 1.67 bits per heavy atom. The molecule has 0 spiro atoms. The summed E-state index contributed by atoms with van der Waals surface area (Å²) in [7, 11) is -3.83. The molecule has 3 aromatic carbocycles. The van der Waals surface area contributed by atoms with Gasteiger partial charge in [0.2, 0.25) is 0 Å². The average Bonchev–Trinajstić information content (AvgIpc) is 2.74. The fraction of sp³-hybridized carbons (Fsp3) is 0.208. The lowest BCUT2D eigenvalue weighted by atomic mass is 10.0. The van der Waals surface area contributed by atoms with Crippen molar-refractivity contribution in [3.05, 3.63) is 89.0 Å².